The van der Waals surface area contributed by atoms with Gasteiger partial charge < -0.3 is 0 Å². The van der Waals surface area contributed by atoms with E-state index in [0.717, 1.165) is 4.47 Å². The van der Waals surface area contributed by atoms with Crippen molar-refractivity contribution in [3.8, 4) is 0 Å². The largest absolute Gasteiger partial charge is 0.393 e. The summed E-state index contributed by atoms with van der Waals surface area (Å²) >= 11 is 3.19. The lowest BCUT2D eigenvalue weighted by molar-refractivity contribution is -0.122. The third kappa shape index (κ3) is 3.54. The SMILES string of the molecule is C=C(CC(F)(F)F)c1cccc(Br)c1. The van der Waals surface area contributed by atoms with Gasteiger partial charge in [-0.15, -0.1) is 0 Å². The number of hydrogen-bond donors (Lipinski definition) is 0. The lowest BCUT2D eigenvalue weighted by atomic mass is 10.1. The molecule has 0 saturated heterocycles. The fourth-order valence-corrected chi connectivity index (χ4v) is 1.45. The van der Waals surface area contributed by atoms with Crippen LogP contribution in [0.3, 0.4) is 0 Å². The second-order valence-corrected chi connectivity index (χ2v) is 3.82. The minimum atomic E-state index is -4.20. The Morgan fingerprint density at radius 1 is 1.36 bits per heavy atom. The topological polar surface area (TPSA) is 0 Å². The van der Waals surface area contributed by atoms with Crippen molar-refractivity contribution in [3.05, 3.63) is 40.9 Å². The average molecular weight is 265 g/mol. The minimum Gasteiger partial charge on any atom is -0.171 e. The van der Waals surface area contributed by atoms with E-state index in [2.05, 4.69) is 22.5 Å². The molecule has 0 nitrogen and oxygen atoms in total. The molecule has 1 aromatic rings. The Morgan fingerprint density at radius 2 is 2.00 bits per heavy atom. The zero-order chi connectivity index (χ0) is 10.8. The molecular weight excluding hydrogens is 257 g/mol. The van der Waals surface area contributed by atoms with Gasteiger partial charge in [-0.25, -0.2) is 0 Å². The van der Waals surface area contributed by atoms with Crippen molar-refractivity contribution in [1.29, 1.82) is 0 Å². The first kappa shape index (κ1) is 11.3. The van der Waals surface area contributed by atoms with Crippen LogP contribution < -0.4 is 0 Å². The van der Waals surface area contributed by atoms with E-state index < -0.39 is 12.6 Å². The summed E-state index contributed by atoms with van der Waals surface area (Å²) in [5.74, 6) is 0. The highest BCUT2D eigenvalue weighted by Crippen LogP contribution is 2.29. The quantitative estimate of drug-likeness (QED) is 0.742. The van der Waals surface area contributed by atoms with E-state index in [1.165, 1.54) is 0 Å². The Balaban J connectivity index is 2.80. The van der Waals surface area contributed by atoms with Gasteiger partial charge in [0.2, 0.25) is 0 Å². The number of halogens is 4. The molecule has 0 aliphatic rings. The lowest BCUT2D eigenvalue weighted by Crippen LogP contribution is -2.07. The molecule has 4 heteroatoms. The molecule has 0 aromatic heterocycles. The Kier molecular flexibility index (Phi) is 3.37. The van der Waals surface area contributed by atoms with E-state index in [-0.39, 0.29) is 5.57 Å². The molecule has 0 amide bonds. The maximum absolute atomic E-state index is 12.0. The molecule has 0 heterocycles. The Bertz CT molecular complexity index is 341. The first-order valence-electron chi connectivity index (χ1n) is 3.89. The maximum atomic E-state index is 12.0. The summed E-state index contributed by atoms with van der Waals surface area (Å²) < 4.78 is 36.8. The Morgan fingerprint density at radius 3 is 2.50 bits per heavy atom. The van der Waals surface area contributed by atoms with Gasteiger partial charge in [0.25, 0.3) is 0 Å². The van der Waals surface area contributed by atoms with Gasteiger partial charge in [0.15, 0.2) is 0 Å². The number of benzene rings is 1. The van der Waals surface area contributed by atoms with Gasteiger partial charge in [-0.3, -0.25) is 0 Å². The Hall–Kier alpha value is -0.770. The van der Waals surface area contributed by atoms with E-state index >= 15 is 0 Å². The summed E-state index contributed by atoms with van der Waals surface area (Å²) in [6, 6.07) is 6.66. The van der Waals surface area contributed by atoms with E-state index in [1.54, 1.807) is 24.3 Å². The predicted octanol–water partition coefficient (Wildman–Crippen LogP) is 4.41. The molecule has 14 heavy (non-hydrogen) atoms. The monoisotopic (exact) mass is 264 g/mol. The third-order valence-corrected chi connectivity index (χ3v) is 2.14. The zero-order valence-corrected chi connectivity index (χ0v) is 8.82. The van der Waals surface area contributed by atoms with Crippen molar-refractivity contribution in [2.45, 2.75) is 12.6 Å². The number of rotatable bonds is 2. The molecule has 1 rings (SSSR count). The van der Waals surface area contributed by atoms with Gasteiger partial charge >= 0.3 is 6.18 Å². The molecule has 0 saturated carbocycles. The summed E-state index contributed by atoms with van der Waals surface area (Å²) in [6.07, 6.45) is -5.16. The van der Waals surface area contributed by atoms with Gasteiger partial charge in [0, 0.05) is 4.47 Å². The van der Waals surface area contributed by atoms with Crippen molar-refractivity contribution in [2.24, 2.45) is 0 Å². The van der Waals surface area contributed by atoms with Gasteiger partial charge in [0.1, 0.15) is 0 Å². The third-order valence-electron chi connectivity index (χ3n) is 1.65. The van der Waals surface area contributed by atoms with Gasteiger partial charge in [0.05, 0.1) is 6.42 Å². The van der Waals surface area contributed by atoms with Crippen LogP contribution in [-0.4, -0.2) is 6.18 Å². The van der Waals surface area contributed by atoms with Crippen LogP contribution in [0, 0.1) is 0 Å². The van der Waals surface area contributed by atoms with E-state index in [1.807, 2.05) is 0 Å². The molecular formula is C10H8BrF3. The maximum Gasteiger partial charge on any atom is 0.393 e. The summed E-state index contributed by atoms with van der Waals surface area (Å²) in [6.45, 7) is 3.41. The van der Waals surface area contributed by atoms with Crippen molar-refractivity contribution >= 4 is 21.5 Å². The molecule has 0 aliphatic heterocycles. The first-order valence-corrected chi connectivity index (χ1v) is 4.68. The van der Waals surface area contributed by atoms with Crippen LogP contribution in [0.25, 0.3) is 5.57 Å². The molecule has 0 radical (unpaired) electrons. The number of allylic oxidation sites excluding steroid dienone is 1. The van der Waals surface area contributed by atoms with Crippen molar-refractivity contribution < 1.29 is 13.2 Å². The fraction of sp³-hybridized carbons (Fsp3) is 0.200. The van der Waals surface area contributed by atoms with Crippen molar-refractivity contribution in [3.63, 3.8) is 0 Å². The molecule has 76 valence electrons. The van der Waals surface area contributed by atoms with Crippen LogP contribution in [0.2, 0.25) is 0 Å². The second-order valence-electron chi connectivity index (χ2n) is 2.91. The second kappa shape index (κ2) is 4.17. The number of alkyl halides is 3. The molecule has 0 spiro atoms. The van der Waals surface area contributed by atoms with Crippen molar-refractivity contribution in [1.82, 2.24) is 0 Å². The normalized spacial score (nSPS) is 11.4. The highest BCUT2D eigenvalue weighted by molar-refractivity contribution is 9.10. The Labute approximate surface area is 88.6 Å². The van der Waals surface area contributed by atoms with Crippen LogP contribution in [0.5, 0.6) is 0 Å². The summed E-state index contributed by atoms with van der Waals surface area (Å²) in [5.41, 5.74) is 0.593. The van der Waals surface area contributed by atoms with E-state index in [9.17, 15) is 13.2 Å². The van der Waals surface area contributed by atoms with Crippen LogP contribution in [0.4, 0.5) is 13.2 Å². The minimum absolute atomic E-state index is 0.0822. The molecule has 0 unspecified atom stereocenters. The van der Waals surface area contributed by atoms with Gasteiger partial charge in [-0.05, 0) is 23.3 Å². The molecule has 0 fully saturated rings. The summed E-state index contributed by atoms with van der Waals surface area (Å²) in [5, 5.41) is 0. The van der Waals surface area contributed by atoms with Gasteiger partial charge in [-0.1, -0.05) is 34.6 Å². The van der Waals surface area contributed by atoms with Crippen LogP contribution in [0.1, 0.15) is 12.0 Å². The predicted molar refractivity (Wildman–Crippen MR) is 53.8 cm³/mol. The number of hydrogen-bond acceptors (Lipinski definition) is 0. The summed E-state index contributed by atoms with van der Waals surface area (Å²) in [7, 11) is 0. The van der Waals surface area contributed by atoms with Crippen LogP contribution in [0.15, 0.2) is 35.3 Å². The lowest BCUT2D eigenvalue weighted by Gasteiger charge is -2.09. The highest BCUT2D eigenvalue weighted by atomic mass is 79.9. The van der Waals surface area contributed by atoms with E-state index in [4.69, 9.17) is 0 Å². The zero-order valence-electron chi connectivity index (χ0n) is 7.24. The van der Waals surface area contributed by atoms with Crippen molar-refractivity contribution in [2.75, 3.05) is 0 Å². The molecule has 0 atom stereocenters. The first-order chi connectivity index (χ1) is 6.38. The average Bonchev–Trinajstić information content (AvgIpc) is 2.01. The molecule has 0 aliphatic carbocycles. The molecule has 0 N–H and O–H groups in total. The summed E-state index contributed by atoms with van der Waals surface area (Å²) in [4.78, 5) is 0. The smallest absolute Gasteiger partial charge is 0.171 e. The fourth-order valence-electron chi connectivity index (χ4n) is 1.05. The standard InChI is InChI=1S/C10H8BrF3/c1-7(6-10(12,13)14)8-3-2-4-9(11)5-8/h2-5H,1,6H2. The molecule has 1 aromatic carbocycles. The highest BCUT2D eigenvalue weighted by Gasteiger charge is 2.28. The van der Waals surface area contributed by atoms with Crippen LogP contribution in [-0.2, 0) is 0 Å². The molecule has 0 bridgehead atoms. The van der Waals surface area contributed by atoms with Gasteiger partial charge in [-0.2, -0.15) is 13.2 Å². The van der Waals surface area contributed by atoms with Crippen LogP contribution >= 0.6 is 15.9 Å². The van der Waals surface area contributed by atoms with E-state index in [0.29, 0.717) is 5.56 Å².